The lowest BCUT2D eigenvalue weighted by Crippen LogP contribution is -2.25. The molecule has 10 heteroatoms. The van der Waals surface area contributed by atoms with Crippen molar-refractivity contribution < 1.29 is 14.7 Å². The van der Waals surface area contributed by atoms with Crippen molar-refractivity contribution >= 4 is 23.3 Å². The number of fused-ring (bicyclic) bond motifs is 1. The van der Waals surface area contributed by atoms with Crippen LogP contribution in [0.3, 0.4) is 0 Å². The Balaban J connectivity index is 1.58. The van der Waals surface area contributed by atoms with Gasteiger partial charge in [0.05, 0.1) is 0 Å². The molecule has 0 fully saturated rings. The van der Waals surface area contributed by atoms with Gasteiger partial charge in [-0.05, 0) is 44.5 Å². The van der Waals surface area contributed by atoms with Crippen LogP contribution in [0.15, 0.2) is 59.4 Å². The summed E-state index contributed by atoms with van der Waals surface area (Å²) in [5, 5.41) is 18.7. The summed E-state index contributed by atoms with van der Waals surface area (Å²) in [4.78, 5) is 41.9. The van der Waals surface area contributed by atoms with Gasteiger partial charge in [0.25, 0.3) is 11.5 Å². The molecule has 2 amide bonds. The number of rotatable bonds is 8. The highest BCUT2D eigenvalue weighted by molar-refractivity contribution is 5.94. The zero-order valence-corrected chi connectivity index (χ0v) is 19.5. The first kappa shape index (κ1) is 23.8. The highest BCUT2D eigenvalue weighted by Crippen LogP contribution is 2.18. The van der Waals surface area contributed by atoms with E-state index in [0.29, 0.717) is 41.3 Å². The highest BCUT2D eigenvalue weighted by atomic mass is 16.3. The normalized spacial score (nSPS) is 10.9. The Morgan fingerprint density at radius 1 is 1.03 bits per heavy atom. The second-order valence-electron chi connectivity index (χ2n) is 8.18. The molecule has 180 valence electrons. The number of anilines is 1. The number of hydrogen-bond acceptors (Lipinski definition) is 6. The van der Waals surface area contributed by atoms with Gasteiger partial charge in [0.2, 0.25) is 11.7 Å². The van der Waals surface area contributed by atoms with Gasteiger partial charge in [-0.15, -0.1) is 5.10 Å². The Hall–Kier alpha value is -4.31. The molecule has 0 spiro atoms. The summed E-state index contributed by atoms with van der Waals surface area (Å²) in [6.07, 6.45) is 0.481. The molecule has 0 aliphatic heterocycles. The van der Waals surface area contributed by atoms with Gasteiger partial charge in [-0.2, -0.15) is 9.50 Å². The maximum Gasteiger partial charge on any atom is 0.275 e. The van der Waals surface area contributed by atoms with E-state index in [1.165, 1.54) is 6.07 Å². The van der Waals surface area contributed by atoms with E-state index >= 15 is 0 Å². The van der Waals surface area contributed by atoms with Crippen LogP contribution in [0.25, 0.3) is 17.2 Å². The van der Waals surface area contributed by atoms with E-state index in [2.05, 4.69) is 20.7 Å². The predicted molar refractivity (Wildman–Crippen MR) is 131 cm³/mol. The Bertz CT molecular complexity index is 1420. The van der Waals surface area contributed by atoms with Crippen molar-refractivity contribution in [1.29, 1.82) is 0 Å². The van der Waals surface area contributed by atoms with Crippen LogP contribution in [0.2, 0.25) is 0 Å². The topological polar surface area (TPSA) is 131 Å². The number of aryl methyl sites for hydroxylation is 2. The molecule has 0 aliphatic carbocycles. The molecule has 0 saturated heterocycles. The highest BCUT2D eigenvalue weighted by Gasteiger charge is 2.16. The zero-order valence-electron chi connectivity index (χ0n) is 19.5. The van der Waals surface area contributed by atoms with Crippen LogP contribution in [0, 0.1) is 13.8 Å². The van der Waals surface area contributed by atoms with Gasteiger partial charge < -0.3 is 20.3 Å². The predicted octanol–water partition coefficient (Wildman–Crippen LogP) is 1.93. The van der Waals surface area contributed by atoms with Crippen LogP contribution in [0.5, 0.6) is 0 Å². The third-order valence-corrected chi connectivity index (χ3v) is 5.46. The fourth-order valence-electron chi connectivity index (χ4n) is 3.55. The van der Waals surface area contributed by atoms with Gasteiger partial charge in [0, 0.05) is 41.7 Å². The molecule has 0 atom stereocenters. The zero-order chi connectivity index (χ0) is 24.9. The Kier molecular flexibility index (Phi) is 7.02. The lowest BCUT2D eigenvalue weighted by molar-refractivity contribution is -0.116. The van der Waals surface area contributed by atoms with Crippen LogP contribution < -0.4 is 16.2 Å². The maximum atomic E-state index is 12.7. The summed E-state index contributed by atoms with van der Waals surface area (Å²) in [6, 6.07) is 15.6. The quantitative estimate of drug-likeness (QED) is 0.335. The molecule has 0 radical (unpaired) electrons. The fourth-order valence-corrected chi connectivity index (χ4v) is 3.55. The third-order valence-electron chi connectivity index (χ3n) is 5.46. The molecule has 0 bridgehead atoms. The lowest BCUT2D eigenvalue weighted by atomic mass is 10.1. The lowest BCUT2D eigenvalue weighted by Gasteiger charge is -2.11. The van der Waals surface area contributed by atoms with Crippen molar-refractivity contribution in [1.82, 2.24) is 24.5 Å². The second-order valence-corrected chi connectivity index (χ2v) is 8.18. The largest absolute Gasteiger partial charge is 0.396 e. The van der Waals surface area contributed by atoms with Crippen molar-refractivity contribution in [3.8, 4) is 11.4 Å². The molecular formula is C25H26N6O4. The average Bonchev–Trinajstić information content (AvgIpc) is 3.29. The van der Waals surface area contributed by atoms with Gasteiger partial charge >= 0.3 is 0 Å². The molecule has 2 heterocycles. The minimum absolute atomic E-state index is 0.00750. The molecule has 4 rings (SSSR count). The number of hydrogen-bond donors (Lipinski definition) is 3. The maximum absolute atomic E-state index is 12.7. The monoisotopic (exact) mass is 474 g/mol. The van der Waals surface area contributed by atoms with E-state index < -0.39 is 0 Å². The van der Waals surface area contributed by atoms with E-state index in [-0.39, 0.29) is 36.3 Å². The van der Waals surface area contributed by atoms with E-state index in [1.54, 1.807) is 35.8 Å². The number of amides is 2. The Labute approximate surface area is 201 Å². The third kappa shape index (κ3) is 5.44. The van der Waals surface area contributed by atoms with Crippen LogP contribution in [-0.4, -0.2) is 49.2 Å². The van der Waals surface area contributed by atoms with Crippen LogP contribution in [-0.2, 0) is 11.3 Å². The molecule has 0 unspecified atom stereocenters. The van der Waals surface area contributed by atoms with Crippen molar-refractivity contribution in [2.75, 3.05) is 18.5 Å². The van der Waals surface area contributed by atoms with Gasteiger partial charge in [-0.1, -0.05) is 29.8 Å². The number of nitrogens with zero attached hydrogens (tertiary/aromatic N) is 4. The first-order valence-electron chi connectivity index (χ1n) is 11.2. The Morgan fingerprint density at radius 2 is 1.74 bits per heavy atom. The standard InChI is InChI=1S/C25H26N6O4/c1-16-4-10-20(11-5-16)27-21(33)15-30-17(2)14-22(34)31-25(30)28-23(29-31)18-6-8-19(9-7-18)24(35)26-12-3-13-32/h4-11,14,32H,3,12-13,15H2,1-2H3,(H,26,35)(H,27,33). The van der Waals surface area contributed by atoms with Crippen LogP contribution >= 0.6 is 0 Å². The van der Waals surface area contributed by atoms with Gasteiger partial charge in [-0.25, -0.2) is 0 Å². The molecule has 0 aliphatic rings. The summed E-state index contributed by atoms with van der Waals surface area (Å²) in [6.45, 7) is 4.05. The fraction of sp³-hybridized carbons (Fsp3) is 0.240. The second kappa shape index (κ2) is 10.3. The average molecular weight is 475 g/mol. The molecule has 35 heavy (non-hydrogen) atoms. The number of aliphatic hydroxyl groups excluding tert-OH is 1. The van der Waals surface area contributed by atoms with Crippen molar-refractivity contribution in [2.45, 2.75) is 26.8 Å². The van der Waals surface area contributed by atoms with E-state index in [0.717, 1.165) is 10.1 Å². The van der Waals surface area contributed by atoms with E-state index in [9.17, 15) is 14.4 Å². The summed E-state index contributed by atoms with van der Waals surface area (Å²) in [5.74, 6) is 0.0361. The summed E-state index contributed by atoms with van der Waals surface area (Å²) < 4.78 is 2.79. The number of aromatic nitrogens is 4. The van der Waals surface area contributed by atoms with Crippen molar-refractivity contribution in [3.05, 3.63) is 81.8 Å². The van der Waals surface area contributed by atoms with E-state index in [4.69, 9.17) is 5.11 Å². The number of carbonyl (C=O) groups is 2. The van der Waals surface area contributed by atoms with Gasteiger partial charge in [0.1, 0.15) is 6.54 Å². The molecule has 4 aromatic rings. The molecular weight excluding hydrogens is 448 g/mol. The molecule has 2 aromatic heterocycles. The smallest absolute Gasteiger partial charge is 0.275 e. The van der Waals surface area contributed by atoms with Crippen LogP contribution in [0.1, 0.15) is 28.0 Å². The number of nitrogens with one attached hydrogen (secondary N) is 2. The van der Waals surface area contributed by atoms with Gasteiger partial charge in [0.15, 0.2) is 5.82 Å². The number of aliphatic hydroxyl groups is 1. The van der Waals surface area contributed by atoms with Crippen molar-refractivity contribution in [3.63, 3.8) is 0 Å². The Morgan fingerprint density at radius 3 is 2.43 bits per heavy atom. The summed E-state index contributed by atoms with van der Waals surface area (Å²) in [5.41, 5.74) is 3.07. The first-order valence-corrected chi connectivity index (χ1v) is 11.2. The van der Waals surface area contributed by atoms with Crippen LogP contribution in [0.4, 0.5) is 5.69 Å². The summed E-state index contributed by atoms with van der Waals surface area (Å²) >= 11 is 0. The number of carbonyl (C=O) groups excluding carboxylic acids is 2. The first-order chi connectivity index (χ1) is 16.9. The summed E-state index contributed by atoms with van der Waals surface area (Å²) in [7, 11) is 0. The molecule has 10 nitrogen and oxygen atoms in total. The van der Waals surface area contributed by atoms with E-state index in [1.807, 2.05) is 31.2 Å². The molecule has 0 saturated carbocycles. The van der Waals surface area contributed by atoms with Gasteiger partial charge in [-0.3, -0.25) is 14.4 Å². The minimum Gasteiger partial charge on any atom is -0.396 e. The molecule has 3 N–H and O–H groups in total. The minimum atomic E-state index is -0.355. The SMILES string of the molecule is Cc1ccc(NC(=O)Cn2c(C)cc(=O)n3nc(-c4ccc(C(=O)NCCCO)cc4)nc23)cc1. The van der Waals surface area contributed by atoms with Crippen molar-refractivity contribution in [2.24, 2.45) is 0 Å². The number of benzene rings is 2. The molecule has 2 aromatic carbocycles.